The van der Waals surface area contributed by atoms with Crippen LogP contribution in [0.25, 0.3) is 0 Å². The molecule has 96 valence electrons. The van der Waals surface area contributed by atoms with Gasteiger partial charge in [-0.2, -0.15) is 0 Å². The van der Waals surface area contributed by atoms with Gasteiger partial charge in [0.2, 0.25) is 5.91 Å². The second-order valence-electron chi connectivity index (χ2n) is 3.29. The molecule has 0 aromatic carbocycles. The maximum Gasteiger partial charge on any atom is 0.305 e. The van der Waals surface area contributed by atoms with E-state index in [0.717, 1.165) is 0 Å². The number of hydrogen-bond donors (Lipinski definition) is 4. The molecule has 8 heteroatoms. The molecule has 0 aliphatic rings. The molecule has 0 radical (unpaired) electrons. The van der Waals surface area contributed by atoms with E-state index < -0.39 is 42.8 Å². The summed E-state index contributed by atoms with van der Waals surface area (Å²) in [6.07, 6.45) is -0.709. The largest absolute Gasteiger partial charge is 0.481 e. The molecule has 0 aromatic rings. The van der Waals surface area contributed by atoms with E-state index in [4.69, 9.17) is 10.2 Å². The molecule has 0 fully saturated rings. The van der Waals surface area contributed by atoms with Crippen LogP contribution in [0, 0.1) is 0 Å². The molecule has 17 heavy (non-hydrogen) atoms. The van der Waals surface area contributed by atoms with Crippen molar-refractivity contribution in [1.82, 2.24) is 10.6 Å². The summed E-state index contributed by atoms with van der Waals surface area (Å²) in [4.78, 5) is 42.7. The first-order valence-corrected chi connectivity index (χ1v) is 4.77. The highest BCUT2D eigenvalue weighted by molar-refractivity contribution is 5.88. The first-order valence-electron chi connectivity index (χ1n) is 4.77. The van der Waals surface area contributed by atoms with Gasteiger partial charge in [-0.3, -0.25) is 14.4 Å². The lowest BCUT2D eigenvalue weighted by molar-refractivity contribution is -0.141. The van der Waals surface area contributed by atoms with E-state index in [-0.39, 0.29) is 0 Å². The van der Waals surface area contributed by atoms with Gasteiger partial charge in [-0.1, -0.05) is 0 Å². The lowest BCUT2D eigenvalue weighted by Gasteiger charge is -2.16. The van der Waals surface area contributed by atoms with Crippen LogP contribution in [0.3, 0.4) is 0 Å². The number of amides is 1. The molecule has 2 atom stereocenters. The van der Waals surface area contributed by atoms with Crippen molar-refractivity contribution in [1.29, 1.82) is 0 Å². The van der Waals surface area contributed by atoms with Crippen LogP contribution < -0.4 is 10.6 Å². The number of carboxylic acids is 2. The SMILES string of the molecule is CN[C@@H](CC(=O)O)C(=O)N[C@H](C=O)CC(=O)O. The van der Waals surface area contributed by atoms with Crippen molar-refractivity contribution in [2.75, 3.05) is 7.05 Å². The molecule has 0 saturated carbocycles. The number of hydrogen-bond acceptors (Lipinski definition) is 5. The fourth-order valence-electron chi connectivity index (χ4n) is 1.11. The third kappa shape index (κ3) is 6.25. The lowest BCUT2D eigenvalue weighted by atomic mass is 10.1. The maximum absolute atomic E-state index is 11.5. The average molecular weight is 246 g/mol. The molecule has 0 aromatic heterocycles. The van der Waals surface area contributed by atoms with E-state index in [1.54, 1.807) is 0 Å². The van der Waals surface area contributed by atoms with Crippen molar-refractivity contribution >= 4 is 24.1 Å². The summed E-state index contributed by atoms with van der Waals surface area (Å²) >= 11 is 0. The number of carboxylic acid groups (broad SMARTS) is 2. The van der Waals surface area contributed by atoms with Crippen LogP contribution in [-0.2, 0) is 19.2 Å². The zero-order chi connectivity index (χ0) is 13.4. The summed E-state index contributed by atoms with van der Waals surface area (Å²) in [6.45, 7) is 0. The smallest absolute Gasteiger partial charge is 0.305 e. The van der Waals surface area contributed by atoms with E-state index in [2.05, 4.69) is 10.6 Å². The van der Waals surface area contributed by atoms with E-state index in [9.17, 15) is 19.2 Å². The summed E-state index contributed by atoms with van der Waals surface area (Å²) < 4.78 is 0. The minimum atomic E-state index is -1.23. The van der Waals surface area contributed by atoms with Gasteiger partial charge in [0.05, 0.1) is 24.9 Å². The fraction of sp³-hybridized carbons (Fsp3) is 0.556. The third-order valence-corrected chi connectivity index (χ3v) is 1.93. The highest BCUT2D eigenvalue weighted by Gasteiger charge is 2.23. The van der Waals surface area contributed by atoms with E-state index in [1.807, 2.05) is 0 Å². The Morgan fingerprint density at radius 1 is 1.18 bits per heavy atom. The van der Waals surface area contributed by atoms with Crippen LogP contribution in [0.4, 0.5) is 0 Å². The molecule has 8 nitrogen and oxygen atoms in total. The minimum absolute atomic E-state index is 0.291. The monoisotopic (exact) mass is 246 g/mol. The van der Waals surface area contributed by atoms with Crippen LogP contribution in [0.15, 0.2) is 0 Å². The van der Waals surface area contributed by atoms with Crippen LogP contribution in [-0.4, -0.2) is 53.5 Å². The van der Waals surface area contributed by atoms with Gasteiger partial charge in [0.1, 0.15) is 6.29 Å². The third-order valence-electron chi connectivity index (χ3n) is 1.93. The van der Waals surface area contributed by atoms with E-state index >= 15 is 0 Å². The Labute approximate surface area is 97.0 Å². The van der Waals surface area contributed by atoms with Crippen LogP contribution in [0.1, 0.15) is 12.8 Å². The Kier molecular flexibility index (Phi) is 6.49. The number of likely N-dealkylation sites (N-methyl/N-ethyl adjacent to an activating group) is 1. The molecule has 0 aliphatic heterocycles. The highest BCUT2D eigenvalue weighted by Crippen LogP contribution is 1.95. The predicted molar refractivity (Wildman–Crippen MR) is 55.3 cm³/mol. The zero-order valence-electron chi connectivity index (χ0n) is 9.17. The predicted octanol–water partition coefficient (Wildman–Crippen LogP) is -1.79. The van der Waals surface area contributed by atoms with Crippen LogP contribution in [0.2, 0.25) is 0 Å². The topological polar surface area (TPSA) is 133 Å². The standard InChI is InChI=1S/C9H14N2O6/c1-10-6(3-8(15)16)9(17)11-5(4-12)2-7(13)14/h4-6,10H,2-3H2,1H3,(H,11,17)(H,13,14)(H,15,16)/t5-,6-/m0/s1. The minimum Gasteiger partial charge on any atom is -0.481 e. The number of rotatable bonds is 8. The van der Waals surface area contributed by atoms with E-state index in [1.165, 1.54) is 7.05 Å². The molecule has 0 aliphatic carbocycles. The number of aliphatic carboxylic acids is 2. The van der Waals surface area contributed by atoms with Gasteiger partial charge in [-0.25, -0.2) is 0 Å². The number of carbonyl (C=O) groups is 4. The van der Waals surface area contributed by atoms with Gasteiger partial charge < -0.3 is 25.6 Å². The Bertz CT molecular complexity index is 317. The number of carbonyl (C=O) groups excluding carboxylic acids is 2. The number of nitrogens with one attached hydrogen (secondary N) is 2. The molecule has 0 bridgehead atoms. The normalized spacial score (nSPS) is 13.5. The van der Waals surface area contributed by atoms with Crippen molar-refractivity contribution in [3.05, 3.63) is 0 Å². The Morgan fingerprint density at radius 3 is 2.06 bits per heavy atom. The second-order valence-corrected chi connectivity index (χ2v) is 3.29. The quantitative estimate of drug-likeness (QED) is 0.371. The summed E-state index contributed by atoms with van der Waals surface area (Å²) in [5, 5.41) is 21.6. The van der Waals surface area contributed by atoms with Gasteiger partial charge in [0.25, 0.3) is 0 Å². The van der Waals surface area contributed by atoms with E-state index in [0.29, 0.717) is 6.29 Å². The Balaban J connectivity index is 4.41. The zero-order valence-corrected chi connectivity index (χ0v) is 9.17. The van der Waals surface area contributed by atoms with Crippen molar-refractivity contribution in [3.8, 4) is 0 Å². The lowest BCUT2D eigenvalue weighted by Crippen LogP contribution is -2.48. The van der Waals surface area contributed by atoms with Crippen molar-refractivity contribution in [2.45, 2.75) is 24.9 Å². The highest BCUT2D eigenvalue weighted by atomic mass is 16.4. The molecule has 0 saturated heterocycles. The summed E-state index contributed by atoms with van der Waals surface area (Å²) in [7, 11) is 1.39. The molecule has 0 unspecified atom stereocenters. The molecule has 0 spiro atoms. The molecule has 0 heterocycles. The summed E-state index contributed by atoms with van der Waals surface area (Å²) in [5.41, 5.74) is 0. The Morgan fingerprint density at radius 2 is 1.71 bits per heavy atom. The first-order chi connectivity index (χ1) is 7.90. The molecule has 1 amide bonds. The van der Waals surface area contributed by atoms with Crippen molar-refractivity contribution < 1.29 is 29.4 Å². The summed E-state index contributed by atoms with van der Waals surface area (Å²) in [5.74, 6) is -3.14. The number of aldehydes is 1. The molecule has 4 N–H and O–H groups in total. The van der Waals surface area contributed by atoms with Crippen molar-refractivity contribution in [2.24, 2.45) is 0 Å². The fourth-order valence-corrected chi connectivity index (χ4v) is 1.11. The van der Waals surface area contributed by atoms with Crippen LogP contribution in [0.5, 0.6) is 0 Å². The van der Waals surface area contributed by atoms with Gasteiger partial charge in [-0.15, -0.1) is 0 Å². The Hall–Kier alpha value is -1.96. The first kappa shape index (κ1) is 15.0. The van der Waals surface area contributed by atoms with Crippen LogP contribution >= 0.6 is 0 Å². The van der Waals surface area contributed by atoms with Gasteiger partial charge in [0.15, 0.2) is 0 Å². The molecular weight excluding hydrogens is 232 g/mol. The summed E-state index contributed by atoms with van der Waals surface area (Å²) in [6, 6.07) is -2.17. The van der Waals surface area contributed by atoms with Gasteiger partial charge >= 0.3 is 11.9 Å². The molecular formula is C9H14N2O6. The van der Waals surface area contributed by atoms with Gasteiger partial charge in [0, 0.05) is 0 Å². The maximum atomic E-state index is 11.5. The average Bonchev–Trinajstić information content (AvgIpc) is 2.23. The second kappa shape index (κ2) is 7.34. The van der Waals surface area contributed by atoms with Gasteiger partial charge in [-0.05, 0) is 7.05 Å². The molecule has 0 rings (SSSR count). The van der Waals surface area contributed by atoms with Crippen molar-refractivity contribution in [3.63, 3.8) is 0 Å².